The first-order valence-corrected chi connectivity index (χ1v) is 18.5. The van der Waals surface area contributed by atoms with Crippen molar-refractivity contribution in [3.8, 4) is 0 Å². The Kier molecular flexibility index (Phi) is 50.1. The van der Waals surface area contributed by atoms with Gasteiger partial charge >= 0.3 is 5.97 Å². The van der Waals surface area contributed by atoms with Crippen LogP contribution in [0.1, 0.15) is 105 Å². The van der Waals surface area contributed by atoms with Gasteiger partial charge in [-0.2, -0.15) is 0 Å². The van der Waals surface area contributed by atoms with E-state index in [1.54, 1.807) is 7.11 Å². The minimum atomic E-state index is -0.766. The van der Waals surface area contributed by atoms with Crippen molar-refractivity contribution in [2.24, 2.45) is 22.1 Å². The molecule has 0 aromatic carbocycles. The summed E-state index contributed by atoms with van der Waals surface area (Å²) < 4.78 is 34.9. The SMILES string of the molecule is C.C.C.C.C.C.C.COC(=O)CCCCCO[C@H]1OC(C)[C@@H](N=[N+]=[N-])[C@H](C)C1O[C@H]1OC(C)[C@@H](N=[N+]=[N-])[C@H](C)C1OC.I.II. The van der Waals surface area contributed by atoms with Crippen LogP contribution >= 0.6 is 61.2 Å². The second-order valence-electron chi connectivity index (χ2n) is 9.09. The summed E-state index contributed by atoms with van der Waals surface area (Å²) >= 11 is 4.24. The van der Waals surface area contributed by atoms with Crippen molar-refractivity contribution in [1.29, 1.82) is 0 Å². The van der Waals surface area contributed by atoms with E-state index < -0.39 is 43.0 Å². The number of carbonyl (C=O) groups is 1. The number of hydrogen-bond acceptors (Lipinski definition) is 9. The van der Waals surface area contributed by atoms with Crippen molar-refractivity contribution in [1.82, 2.24) is 0 Å². The number of nitrogens with zero attached hydrogens (tertiary/aromatic N) is 6. The van der Waals surface area contributed by atoms with Crippen LogP contribution in [0.15, 0.2) is 10.2 Å². The highest BCUT2D eigenvalue weighted by atomic mass is 128. The van der Waals surface area contributed by atoms with Gasteiger partial charge in [-0.25, -0.2) is 0 Å². The first-order chi connectivity index (χ1) is 17.8. The third kappa shape index (κ3) is 19.6. The van der Waals surface area contributed by atoms with Crippen LogP contribution in [0.25, 0.3) is 20.9 Å². The molecule has 16 heteroatoms. The minimum Gasteiger partial charge on any atom is -0.469 e. The number of halogens is 3. The van der Waals surface area contributed by atoms with Gasteiger partial charge in [-0.15, -0.1) is 24.0 Å². The molecule has 10 atom stereocenters. The van der Waals surface area contributed by atoms with Gasteiger partial charge in [0.1, 0.15) is 12.2 Å². The van der Waals surface area contributed by atoms with Crippen LogP contribution in [0.4, 0.5) is 0 Å². The summed E-state index contributed by atoms with van der Waals surface area (Å²) in [7, 11) is 2.93. The molecule has 45 heavy (non-hydrogen) atoms. The van der Waals surface area contributed by atoms with E-state index in [-0.39, 0.29) is 99.9 Å². The largest absolute Gasteiger partial charge is 0.469 e. The summed E-state index contributed by atoms with van der Waals surface area (Å²) in [6.45, 7) is 7.92. The second kappa shape index (κ2) is 35.4. The number of methoxy groups -OCH3 is 2. The predicted octanol–water partition coefficient (Wildman–Crippen LogP) is 11.1. The number of unbranched alkanes of at least 4 members (excludes halogenated alkanes) is 2. The van der Waals surface area contributed by atoms with Crippen LogP contribution in [0.2, 0.25) is 0 Å². The third-order valence-electron chi connectivity index (χ3n) is 6.78. The quantitative estimate of drug-likeness (QED) is 0.0468. The van der Waals surface area contributed by atoms with E-state index in [2.05, 4.69) is 62.0 Å². The Morgan fingerprint density at radius 2 is 1.20 bits per heavy atom. The molecule has 2 rings (SSSR count). The van der Waals surface area contributed by atoms with Gasteiger partial charge in [0.2, 0.25) is 0 Å². The molecule has 2 fully saturated rings. The molecular weight excluding hydrogens is 925 g/mol. The van der Waals surface area contributed by atoms with Crippen LogP contribution < -0.4 is 0 Å². The third-order valence-corrected chi connectivity index (χ3v) is 6.78. The fourth-order valence-electron chi connectivity index (χ4n) is 4.76. The number of rotatable bonds is 12. The summed E-state index contributed by atoms with van der Waals surface area (Å²) in [6, 6.07) is -0.863. The molecule has 0 saturated carbocycles. The maximum atomic E-state index is 11.3. The highest BCUT2D eigenvalue weighted by Gasteiger charge is 2.48. The zero-order valence-electron chi connectivity index (χ0n) is 22.5. The molecule has 0 amide bonds. The van der Waals surface area contributed by atoms with Crippen LogP contribution in [0.3, 0.4) is 0 Å². The van der Waals surface area contributed by atoms with Crippen molar-refractivity contribution in [3.63, 3.8) is 0 Å². The summed E-state index contributed by atoms with van der Waals surface area (Å²) in [6.07, 6.45) is -0.734. The van der Waals surface area contributed by atoms with Gasteiger partial charge < -0.3 is 28.4 Å². The van der Waals surface area contributed by atoms with E-state index >= 15 is 0 Å². The molecule has 2 heterocycles. The Hall–Kier alpha value is 0.0800. The lowest BCUT2D eigenvalue weighted by atomic mass is 9.87. The molecule has 2 saturated heterocycles. The Labute approximate surface area is 316 Å². The van der Waals surface area contributed by atoms with E-state index in [9.17, 15) is 4.79 Å². The predicted molar refractivity (Wildman–Crippen MR) is 216 cm³/mol. The Bertz CT molecular complexity index is 795. The van der Waals surface area contributed by atoms with E-state index in [1.807, 2.05) is 27.7 Å². The van der Waals surface area contributed by atoms with E-state index in [0.29, 0.717) is 19.4 Å². The lowest BCUT2D eigenvalue weighted by molar-refractivity contribution is -0.335. The van der Waals surface area contributed by atoms with Crippen molar-refractivity contribution in [2.45, 2.75) is 154 Å². The molecule has 13 nitrogen and oxygen atoms in total. The zero-order valence-corrected chi connectivity index (χ0v) is 29.2. The highest BCUT2D eigenvalue weighted by Crippen LogP contribution is 2.36. The van der Waals surface area contributed by atoms with Crippen LogP contribution in [-0.2, 0) is 33.2 Å². The molecule has 276 valence electrons. The van der Waals surface area contributed by atoms with Crippen molar-refractivity contribution < 1.29 is 33.2 Å². The van der Waals surface area contributed by atoms with Gasteiger partial charge in [0.05, 0.1) is 31.4 Å². The average Bonchev–Trinajstić information content (AvgIpc) is 2.89. The molecule has 0 radical (unpaired) electrons. The van der Waals surface area contributed by atoms with Gasteiger partial charge in [-0.1, -0.05) is 82.5 Å². The number of azide groups is 2. The Morgan fingerprint density at radius 1 is 0.756 bits per heavy atom. The molecule has 2 aliphatic heterocycles. The monoisotopic (exact) mass is 992 g/mol. The molecule has 4 unspecified atom stereocenters. The molecule has 0 N–H and O–H groups in total. The summed E-state index contributed by atoms with van der Waals surface area (Å²) in [5.41, 5.74) is 18.0. The molecule has 0 aromatic rings. The van der Waals surface area contributed by atoms with Crippen molar-refractivity contribution in [2.75, 3.05) is 20.8 Å². The first-order valence-electron chi connectivity index (χ1n) is 12.2. The zero-order chi connectivity index (χ0) is 28.0. The van der Waals surface area contributed by atoms with Gasteiger partial charge in [0.25, 0.3) is 0 Å². The molecule has 0 aliphatic carbocycles. The van der Waals surface area contributed by atoms with Crippen LogP contribution in [0, 0.1) is 11.8 Å². The maximum absolute atomic E-state index is 11.3. The highest BCUT2D eigenvalue weighted by molar-refractivity contribution is 15.0. The molecule has 0 aromatic heterocycles. The van der Waals surface area contributed by atoms with Crippen LogP contribution in [-0.4, -0.2) is 75.9 Å². The lowest BCUT2D eigenvalue weighted by Gasteiger charge is -2.47. The Balaban J connectivity index is -0.000000223. The fraction of sp³-hybridized carbons (Fsp3) is 0.966. The van der Waals surface area contributed by atoms with Crippen molar-refractivity contribution in [3.05, 3.63) is 20.9 Å². The van der Waals surface area contributed by atoms with Crippen LogP contribution in [0.5, 0.6) is 0 Å². The van der Waals surface area contributed by atoms with E-state index in [0.717, 1.165) is 12.8 Å². The molecule has 0 bridgehead atoms. The van der Waals surface area contributed by atoms with Gasteiger partial charge in [0, 0.05) is 67.2 Å². The smallest absolute Gasteiger partial charge is 0.305 e. The Morgan fingerprint density at radius 3 is 1.62 bits per heavy atom. The second-order valence-corrected chi connectivity index (χ2v) is 9.09. The number of carbonyl (C=O) groups excluding carboxylic acids is 1. The molecule has 0 spiro atoms. The average molecular weight is 993 g/mol. The van der Waals surface area contributed by atoms with Gasteiger partial charge in [0.15, 0.2) is 12.6 Å². The molecular formula is C29H67I3N6O7. The van der Waals surface area contributed by atoms with E-state index in [4.69, 9.17) is 34.7 Å². The van der Waals surface area contributed by atoms with Gasteiger partial charge in [-0.3, -0.25) is 4.79 Å². The van der Waals surface area contributed by atoms with Crippen molar-refractivity contribution >= 4 is 67.2 Å². The summed E-state index contributed by atoms with van der Waals surface area (Å²) in [4.78, 5) is 17.2. The number of ether oxygens (including phenoxy) is 6. The fourth-order valence-corrected chi connectivity index (χ4v) is 4.76. The topological polar surface area (TPSA) is 170 Å². The molecule has 2 aliphatic rings. The van der Waals surface area contributed by atoms with Gasteiger partial charge in [-0.05, 0) is 49.6 Å². The normalized spacial score (nSPS) is 29.0. The number of hydrogen-bond donors (Lipinski definition) is 0. The summed E-state index contributed by atoms with van der Waals surface area (Å²) in [5.74, 6) is -0.626. The number of esters is 1. The van der Waals surface area contributed by atoms with E-state index in [1.165, 1.54) is 7.11 Å². The first kappa shape index (κ1) is 63.7. The minimum absolute atomic E-state index is 0. The standard InChI is InChI=1S/C22H38N6O7.7CH4.I2.HI/c1-12-17(25-27-23)15(4)34-22(19(12)31-6)35-20-13(2)18(26-28-24)14(3)33-21(20)32-11-9-7-8-10-16(29)30-5;;;;;;;;1-2;/h12-15,17-22H,7-11H2,1-6H3;7*1H4;;1H/t12-,13-,14?,15?,17-,18-,19?,20?,21-,22+;;;;;;;;;/m0........./s1. The lowest BCUT2D eigenvalue weighted by Crippen LogP contribution is -2.59. The maximum Gasteiger partial charge on any atom is 0.305 e. The summed E-state index contributed by atoms with van der Waals surface area (Å²) in [5, 5.41) is 7.79.